The Labute approximate surface area is 103 Å². The van der Waals surface area contributed by atoms with Gasteiger partial charge in [0.15, 0.2) is 0 Å². The van der Waals surface area contributed by atoms with E-state index in [0.717, 1.165) is 0 Å². The van der Waals surface area contributed by atoms with E-state index in [1.54, 1.807) is 0 Å². The lowest BCUT2D eigenvalue weighted by atomic mass is 10.5. The molecule has 2 aliphatic rings. The third-order valence-electron chi connectivity index (χ3n) is 2.42. The smallest absolute Gasteiger partial charge is 0.0623 e. The minimum atomic E-state index is 0.621. The van der Waals surface area contributed by atoms with E-state index in [1.807, 2.05) is 47.0 Å². The lowest BCUT2D eigenvalue weighted by Crippen LogP contribution is -2.47. The summed E-state index contributed by atoms with van der Waals surface area (Å²) >= 11 is 8.18. The van der Waals surface area contributed by atoms with E-state index in [9.17, 15) is 0 Å². The van der Waals surface area contributed by atoms with Crippen LogP contribution in [0.3, 0.4) is 0 Å². The van der Waals surface area contributed by atoms with Gasteiger partial charge in [0.1, 0.15) is 0 Å². The first kappa shape index (κ1) is 11.8. The van der Waals surface area contributed by atoms with Crippen molar-refractivity contribution in [2.75, 3.05) is 33.7 Å². The third-order valence-corrected chi connectivity index (χ3v) is 7.14. The van der Waals surface area contributed by atoms with E-state index in [4.69, 9.17) is 0 Å². The van der Waals surface area contributed by atoms with Gasteiger partial charge in [0.05, 0.1) is 6.17 Å². The van der Waals surface area contributed by atoms with Gasteiger partial charge in [-0.1, -0.05) is 0 Å². The van der Waals surface area contributed by atoms with Gasteiger partial charge in [-0.05, 0) is 6.92 Å². The second-order valence-corrected chi connectivity index (χ2v) is 7.93. The van der Waals surface area contributed by atoms with Crippen LogP contribution >= 0.6 is 47.0 Å². The predicted octanol–water partition coefficient (Wildman–Crippen LogP) is 2.64. The fraction of sp³-hybridized carbons (Fsp3) is 1.00. The van der Waals surface area contributed by atoms with Gasteiger partial charge in [0, 0.05) is 33.7 Å². The summed E-state index contributed by atoms with van der Waals surface area (Å²) in [5, 5.41) is 2.54. The lowest BCUT2D eigenvalue weighted by molar-refractivity contribution is 0.122. The summed E-state index contributed by atoms with van der Waals surface area (Å²) in [6.45, 7) is 2.35. The summed E-state index contributed by atoms with van der Waals surface area (Å²) in [4.78, 5) is 5.15. The number of rotatable bonds is 2. The highest BCUT2D eigenvalue weighted by molar-refractivity contribution is 8.16. The summed E-state index contributed by atoms with van der Waals surface area (Å²) in [6, 6.07) is 0. The fourth-order valence-corrected chi connectivity index (χ4v) is 6.01. The summed E-state index contributed by atoms with van der Waals surface area (Å²) < 4.78 is 0. The molecule has 14 heavy (non-hydrogen) atoms. The van der Waals surface area contributed by atoms with Crippen molar-refractivity contribution in [3.05, 3.63) is 0 Å². The van der Waals surface area contributed by atoms with Crippen molar-refractivity contribution < 1.29 is 0 Å². The molecule has 0 spiro atoms. The first-order valence-electron chi connectivity index (χ1n) is 4.67. The molecule has 0 aromatic rings. The van der Waals surface area contributed by atoms with Gasteiger partial charge in [-0.2, -0.15) is 0 Å². The monoisotopic (exact) mass is 268 g/mol. The maximum Gasteiger partial charge on any atom is 0.0623 e. The number of thioether (sulfide) groups is 4. The molecule has 2 heterocycles. The average Bonchev–Trinajstić information content (AvgIpc) is 2.30. The van der Waals surface area contributed by atoms with E-state index in [2.05, 4.69) is 16.7 Å². The van der Waals surface area contributed by atoms with E-state index >= 15 is 0 Å². The largest absolute Gasteiger partial charge is 0.269 e. The van der Waals surface area contributed by atoms with E-state index in [0.29, 0.717) is 6.17 Å². The molecular weight excluding hydrogens is 252 g/mol. The van der Waals surface area contributed by atoms with Gasteiger partial charge in [-0.3, -0.25) is 9.80 Å². The van der Waals surface area contributed by atoms with Gasteiger partial charge in [0.25, 0.3) is 0 Å². The molecule has 2 rings (SSSR count). The van der Waals surface area contributed by atoms with Crippen LogP contribution in [-0.2, 0) is 0 Å². The Hall–Kier alpha value is 1.32. The van der Waals surface area contributed by atoms with Crippen LogP contribution in [0.2, 0.25) is 0 Å². The Morgan fingerprint density at radius 3 is 1.50 bits per heavy atom. The van der Waals surface area contributed by atoms with Crippen LogP contribution in [0.25, 0.3) is 0 Å². The quantitative estimate of drug-likeness (QED) is 0.754. The van der Waals surface area contributed by atoms with Gasteiger partial charge in [-0.25, -0.2) is 0 Å². The molecule has 2 nitrogen and oxygen atoms in total. The Kier molecular flexibility index (Phi) is 5.18. The van der Waals surface area contributed by atoms with Crippen LogP contribution < -0.4 is 0 Å². The topological polar surface area (TPSA) is 6.48 Å². The number of hydrogen-bond donors (Lipinski definition) is 0. The number of nitrogens with zero attached hydrogens (tertiary/aromatic N) is 2. The molecule has 0 aromatic carbocycles. The van der Waals surface area contributed by atoms with Crippen LogP contribution in [0.4, 0.5) is 0 Å². The summed E-state index contributed by atoms with van der Waals surface area (Å²) in [7, 11) is 0. The van der Waals surface area contributed by atoms with Crippen molar-refractivity contribution in [2.45, 2.75) is 13.1 Å². The van der Waals surface area contributed by atoms with E-state index in [-0.39, 0.29) is 0 Å². The minimum Gasteiger partial charge on any atom is -0.269 e. The fourth-order valence-electron chi connectivity index (χ4n) is 1.47. The van der Waals surface area contributed by atoms with Gasteiger partial charge >= 0.3 is 0 Å². The SMILES string of the molecule is CC(N1CSCSC1)N1CSCSC1. The van der Waals surface area contributed by atoms with Crippen molar-refractivity contribution in [1.82, 2.24) is 9.80 Å². The maximum atomic E-state index is 2.57. The van der Waals surface area contributed by atoms with Crippen LogP contribution in [0.15, 0.2) is 0 Å². The normalized spacial score (nSPS) is 27.0. The van der Waals surface area contributed by atoms with Crippen LogP contribution in [-0.4, -0.2) is 49.6 Å². The highest BCUT2D eigenvalue weighted by atomic mass is 32.2. The summed E-state index contributed by atoms with van der Waals surface area (Å²) in [5.41, 5.74) is 0. The zero-order valence-electron chi connectivity index (χ0n) is 8.35. The van der Waals surface area contributed by atoms with E-state index < -0.39 is 0 Å². The van der Waals surface area contributed by atoms with Crippen molar-refractivity contribution in [2.24, 2.45) is 0 Å². The first-order chi connectivity index (χ1) is 6.88. The standard InChI is InChI=1S/C8H16N2S4/c1-8(9-2-11-6-12-3-9)10-4-13-7-14-5-10/h8H,2-7H2,1H3. The molecule has 0 aromatic heterocycles. The molecule has 2 saturated heterocycles. The Morgan fingerprint density at radius 2 is 1.14 bits per heavy atom. The molecule has 0 aliphatic carbocycles. The lowest BCUT2D eigenvalue weighted by Gasteiger charge is -2.39. The highest BCUT2D eigenvalue weighted by Crippen LogP contribution is 2.28. The Bertz CT molecular complexity index is 151. The zero-order valence-corrected chi connectivity index (χ0v) is 11.6. The third kappa shape index (κ3) is 3.15. The minimum absolute atomic E-state index is 0.621. The van der Waals surface area contributed by atoms with E-state index in [1.165, 1.54) is 33.7 Å². The molecule has 0 unspecified atom stereocenters. The van der Waals surface area contributed by atoms with Crippen molar-refractivity contribution in [3.63, 3.8) is 0 Å². The van der Waals surface area contributed by atoms with Crippen LogP contribution in [0.5, 0.6) is 0 Å². The van der Waals surface area contributed by atoms with Crippen molar-refractivity contribution in [1.29, 1.82) is 0 Å². The van der Waals surface area contributed by atoms with Gasteiger partial charge in [0.2, 0.25) is 0 Å². The molecule has 0 radical (unpaired) electrons. The second-order valence-electron chi connectivity index (χ2n) is 3.38. The Balaban J connectivity index is 1.82. The van der Waals surface area contributed by atoms with Crippen molar-refractivity contribution in [3.8, 4) is 0 Å². The number of hydrogen-bond acceptors (Lipinski definition) is 6. The molecule has 0 N–H and O–H groups in total. The highest BCUT2D eigenvalue weighted by Gasteiger charge is 2.24. The molecule has 82 valence electrons. The zero-order chi connectivity index (χ0) is 9.80. The molecule has 2 aliphatic heterocycles. The second kappa shape index (κ2) is 6.15. The molecule has 2 fully saturated rings. The predicted molar refractivity (Wildman–Crippen MR) is 72.7 cm³/mol. The molecular formula is C8H16N2S4. The molecule has 0 atom stereocenters. The van der Waals surface area contributed by atoms with Crippen molar-refractivity contribution >= 4 is 47.0 Å². The summed E-state index contributed by atoms with van der Waals surface area (Å²) in [6.07, 6.45) is 0.621. The van der Waals surface area contributed by atoms with Crippen LogP contribution in [0.1, 0.15) is 6.92 Å². The van der Waals surface area contributed by atoms with Crippen LogP contribution in [0, 0.1) is 0 Å². The van der Waals surface area contributed by atoms with Gasteiger partial charge < -0.3 is 0 Å². The summed E-state index contributed by atoms with van der Waals surface area (Å²) in [5.74, 6) is 4.83. The molecule has 0 amide bonds. The molecule has 0 saturated carbocycles. The van der Waals surface area contributed by atoms with Gasteiger partial charge in [-0.15, -0.1) is 47.0 Å². The molecule has 6 heteroatoms. The molecule has 0 bridgehead atoms. The average molecular weight is 268 g/mol. The maximum absolute atomic E-state index is 2.57. The first-order valence-corrected chi connectivity index (χ1v) is 9.29. The Morgan fingerprint density at radius 1 is 0.786 bits per heavy atom.